The number of anilines is 2. The van der Waals surface area contributed by atoms with E-state index in [-0.39, 0.29) is 16.7 Å². The Hall–Kier alpha value is -2.30. The summed E-state index contributed by atoms with van der Waals surface area (Å²) in [4.78, 5) is 11.2. The number of nitrogens with zero attached hydrogens (tertiary/aromatic N) is 3. The average Bonchev–Trinajstić information content (AvgIpc) is 2.83. The third-order valence-corrected chi connectivity index (χ3v) is 8.87. The SMILES string of the molecule is Cc1c(Nc2ccc(S(C)(=O)=O)cc2F)ncnc1OC1C[C@@H]2COC[C@@H](C1)N2CC1CCCCC1. The van der Waals surface area contributed by atoms with Gasteiger partial charge in [0.1, 0.15) is 24.1 Å². The lowest BCUT2D eigenvalue weighted by atomic mass is 9.85. The summed E-state index contributed by atoms with van der Waals surface area (Å²) >= 11 is 0. The fourth-order valence-corrected chi connectivity index (χ4v) is 6.43. The van der Waals surface area contributed by atoms with Crippen LogP contribution in [0, 0.1) is 18.7 Å². The number of piperidine rings is 1. The van der Waals surface area contributed by atoms with Crippen molar-refractivity contribution < 1.29 is 22.3 Å². The van der Waals surface area contributed by atoms with Crippen molar-refractivity contribution >= 4 is 21.3 Å². The van der Waals surface area contributed by atoms with Crippen LogP contribution < -0.4 is 10.1 Å². The molecule has 0 unspecified atom stereocenters. The van der Waals surface area contributed by atoms with E-state index in [9.17, 15) is 12.8 Å². The van der Waals surface area contributed by atoms with E-state index in [0.717, 1.165) is 50.8 Å². The number of hydrogen-bond donors (Lipinski definition) is 1. The van der Waals surface area contributed by atoms with Crippen LogP contribution in [0.3, 0.4) is 0 Å². The van der Waals surface area contributed by atoms with Crippen LogP contribution in [0.1, 0.15) is 50.5 Å². The third-order valence-electron chi connectivity index (χ3n) is 7.76. The molecule has 2 aromatic rings. The van der Waals surface area contributed by atoms with Crippen molar-refractivity contribution in [3.8, 4) is 5.88 Å². The Bertz CT molecular complexity index is 1170. The Morgan fingerprint density at radius 3 is 2.53 bits per heavy atom. The van der Waals surface area contributed by atoms with Crippen molar-refractivity contribution in [3.63, 3.8) is 0 Å². The van der Waals surface area contributed by atoms with E-state index >= 15 is 0 Å². The molecule has 1 aliphatic carbocycles. The van der Waals surface area contributed by atoms with Gasteiger partial charge >= 0.3 is 0 Å². The topological polar surface area (TPSA) is 93.7 Å². The zero-order chi connectivity index (χ0) is 25.3. The number of hydrogen-bond acceptors (Lipinski definition) is 8. The van der Waals surface area contributed by atoms with E-state index in [4.69, 9.17) is 9.47 Å². The number of nitrogens with one attached hydrogen (secondary N) is 1. The minimum Gasteiger partial charge on any atom is -0.474 e. The van der Waals surface area contributed by atoms with Crippen LogP contribution >= 0.6 is 0 Å². The van der Waals surface area contributed by atoms with Gasteiger partial charge in [0.15, 0.2) is 9.84 Å². The molecule has 0 amide bonds. The molecule has 2 atom stereocenters. The fourth-order valence-electron chi connectivity index (χ4n) is 5.79. The van der Waals surface area contributed by atoms with Gasteiger partial charge in [0.2, 0.25) is 5.88 Å². The Morgan fingerprint density at radius 2 is 1.86 bits per heavy atom. The van der Waals surface area contributed by atoms with Crippen molar-refractivity contribution in [3.05, 3.63) is 35.9 Å². The van der Waals surface area contributed by atoms with E-state index in [1.165, 1.54) is 50.6 Å². The van der Waals surface area contributed by atoms with Gasteiger partial charge in [-0.15, -0.1) is 0 Å². The normalized spacial score (nSPS) is 25.5. The van der Waals surface area contributed by atoms with Gasteiger partial charge in [-0.25, -0.2) is 22.8 Å². The minimum atomic E-state index is -3.49. The maximum absolute atomic E-state index is 14.6. The van der Waals surface area contributed by atoms with Gasteiger partial charge in [-0.2, -0.15) is 0 Å². The first kappa shape index (κ1) is 25.4. The highest BCUT2D eigenvalue weighted by Gasteiger charge is 2.41. The molecule has 1 aromatic carbocycles. The highest BCUT2D eigenvalue weighted by atomic mass is 32.2. The zero-order valence-corrected chi connectivity index (χ0v) is 21.8. The van der Waals surface area contributed by atoms with Gasteiger partial charge < -0.3 is 14.8 Å². The number of aromatic nitrogens is 2. The van der Waals surface area contributed by atoms with Gasteiger partial charge in [-0.1, -0.05) is 19.3 Å². The van der Waals surface area contributed by atoms with Gasteiger partial charge in [0, 0.05) is 37.7 Å². The molecule has 3 fully saturated rings. The molecule has 3 aliphatic rings. The number of halogens is 1. The molecular weight excluding hydrogens is 483 g/mol. The molecular formula is C26H35FN4O4S. The first-order chi connectivity index (χ1) is 17.3. The molecule has 36 heavy (non-hydrogen) atoms. The van der Waals surface area contributed by atoms with Crippen molar-refractivity contribution in [2.75, 3.05) is 31.3 Å². The average molecular weight is 519 g/mol. The van der Waals surface area contributed by atoms with E-state index in [1.807, 2.05) is 6.92 Å². The lowest BCUT2D eigenvalue weighted by molar-refractivity contribution is -0.106. The van der Waals surface area contributed by atoms with Gasteiger partial charge in [0.05, 0.1) is 29.4 Å². The molecule has 1 saturated carbocycles. The summed E-state index contributed by atoms with van der Waals surface area (Å²) in [5.74, 6) is 1.02. The van der Waals surface area contributed by atoms with Crippen LogP contribution in [0.25, 0.3) is 0 Å². The quantitative estimate of drug-likeness (QED) is 0.581. The largest absolute Gasteiger partial charge is 0.474 e. The first-order valence-electron chi connectivity index (χ1n) is 12.9. The molecule has 8 nitrogen and oxygen atoms in total. The standard InChI is InChI=1S/C26H35FN4O4S/c1-17-25(30-24-9-8-22(12-23(24)27)36(2,32)33)28-16-29-26(17)35-21-10-19-14-34-15-20(11-21)31(19)13-18-6-4-3-5-7-18/h8-9,12,16,18-21H,3-7,10-11,13-15H2,1-2H3,(H,28,29,30)/t19-,20-/m1/s1. The van der Waals surface area contributed by atoms with E-state index < -0.39 is 15.7 Å². The van der Waals surface area contributed by atoms with Crippen molar-refractivity contribution in [1.29, 1.82) is 0 Å². The molecule has 0 spiro atoms. The minimum absolute atomic E-state index is 0.0266. The molecule has 2 aliphatic heterocycles. The van der Waals surface area contributed by atoms with Crippen molar-refractivity contribution in [2.24, 2.45) is 5.92 Å². The Labute approximate surface area is 212 Å². The molecule has 2 bridgehead atoms. The maximum atomic E-state index is 14.6. The molecule has 2 saturated heterocycles. The Morgan fingerprint density at radius 1 is 1.14 bits per heavy atom. The van der Waals surface area contributed by atoms with E-state index in [2.05, 4.69) is 20.2 Å². The van der Waals surface area contributed by atoms with Crippen LogP contribution in [-0.2, 0) is 14.6 Å². The second kappa shape index (κ2) is 10.6. The third kappa shape index (κ3) is 5.65. The fraction of sp³-hybridized carbons (Fsp3) is 0.615. The highest BCUT2D eigenvalue weighted by molar-refractivity contribution is 7.90. The predicted molar refractivity (Wildman–Crippen MR) is 135 cm³/mol. The van der Waals surface area contributed by atoms with Gasteiger partial charge in [-0.05, 0) is 43.9 Å². The van der Waals surface area contributed by atoms with Crippen molar-refractivity contribution in [2.45, 2.75) is 75.0 Å². The number of sulfone groups is 1. The molecule has 3 heterocycles. The molecule has 196 valence electrons. The molecule has 5 rings (SSSR count). The second-order valence-corrected chi connectivity index (χ2v) is 12.5. The Kier molecular flexibility index (Phi) is 7.46. The summed E-state index contributed by atoms with van der Waals surface area (Å²) in [5, 5.41) is 2.96. The molecule has 10 heteroatoms. The Balaban J connectivity index is 1.26. The zero-order valence-electron chi connectivity index (χ0n) is 21.0. The molecule has 1 aromatic heterocycles. The van der Waals surface area contributed by atoms with Crippen LogP contribution in [0.2, 0.25) is 0 Å². The predicted octanol–water partition coefficient (Wildman–Crippen LogP) is 4.26. The van der Waals surface area contributed by atoms with Crippen LogP contribution in [0.5, 0.6) is 5.88 Å². The van der Waals surface area contributed by atoms with E-state index in [1.54, 1.807) is 0 Å². The summed E-state index contributed by atoms with van der Waals surface area (Å²) in [6.07, 6.45) is 11.0. The van der Waals surface area contributed by atoms with Crippen molar-refractivity contribution in [1.82, 2.24) is 14.9 Å². The summed E-state index contributed by atoms with van der Waals surface area (Å²) in [5.41, 5.74) is 0.813. The van der Waals surface area contributed by atoms with E-state index in [0.29, 0.717) is 29.3 Å². The number of ether oxygens (including phenoxy) is 2. The summed E-state index contributed by atoms with van der Waals surface area (Å²) in [6.45, 7) is 4.47. The lowest BCUT2D eigenvalue weighted by Gasteiger charge is -2.49. The summed E-state index contributed by atoms with van der Waals surface area (Å²) in [6, 6.07) is 4.49. The maximum Gasteiger partial charge on any atom is 0.221 e. The van der Waals surface area contributed by atoms with Crippen LogP contribution in [0.15, 0.2) is 29.4 Å². The highest BCUT2D eigenvalue weighted by Crippen LogP contribution is 2.35. The molecule has 0 radical (unpaired) electrons. The summed E-state index contributed by atoms with van der Waals surface area (Å²) < 4.78 is 50.3. The number of morpholine rings is 1. The van der Waals surface area contributed by atoms with Crippen LogP contribution in [0.4, 0.5) is 15.9 Å². The molecule has 1 N–H and O–H groups in total. The van der Waals surface area contributed by atoms with Crippen LogP contribution in [-0.4, -0.2) is 67.5 Å². The second-order valence-electron chi connectivity index (χ2n) is 10.4. The summed E-state index contributed by atoms with van der Waals surface area (Å²) in [7, 11) is -3.49. The monoisotopic (exact) mass is 518 g/mol. The van der Waals surface area contributed by atoms with Gasteiger partial charge in [-0.3, -0.25) is 4.90 Å². The smallest absolute Gasteiger partial charge is 0.221 e. The number of fused-ring (bicyclic) bond motifs is 2. The lowest BCUT2D eigenvalue weighted by Crippen LogP contribution is -2.60. The number of benzene rings is 1. The number of rotatable bonds is 7. The first-order valence-corrected chi connectivity index (χ1v) is 14.8. The van der Waals surface area contributed by atoms with Gasteiger partial charge in [0.25, 0.3) is 0 Å².